The van der Waals surface area contributed by atoms with Gasteiger partial charge in [0, 0.05) is 16.7 Å². The molecule has 1 unspecified atom stereocenters. The first kappa shape index (κ1) is 87.0. The van der Waals surface area contributed by atoms with E-state index >= 15 is 0 Å². The van der Waals surface area contributed by atoms with Crippen molar-refractivity contribution in [3.8, 4) is 67.2 Å². The van der Waals surface area contributed by atoms with E-state index in [1.54, 1.807) is 96.1 Å². The van der Waals surface area contributed by atoms with E-state index in [0.29, 0.717) is 101 Å². The van der Waals surface area contributed by atoms with Gasteiger partial charge in [0.2, 0.25) is 46.4 Å². The smallest absolute Gasteiger partial charge is 0.229 e. The Balaban J connectivity index is 0.000000142. The quantitative estimate of drug-likeness (QED) is 0.0434. The van der Waals surface area contributed by atoms with Crippen molar-refractivity contribution in [2.75, 3.05) is 50.1 Å². The molecular weight excluding hydrogens is 1740 g/mol. The van der Waals surface area contributed by atoms with Crippen LogP contribution in [0.5, 0.6) is 0 Å². The predicted octanol–water partition coefficient (Wildman–Crippen LogP) is 16.2. The molecule has 30 nitrogen and oxygen atoms in total. The average Bonchev–Trinajstić information content (AvgIpc) is 1.74. The predicted molar refractivity (Wildman–Crippen MR) is 480 cm³/mol. The largest absolute Gasteiger partial charge is 0.458 e. The topological polar surface area (TPSA) is 438 Å². The highest BCUT2D eigenvalue weighted by molar-refractivity contribution is 7.92. The molecule has 0 aliphatic rings. The van der Waals surface area contributed by atoms with Crippen molar-refractivity contribution in [1.82, 2.24) is 59.2 Å². The molecule has 0 spiro atoms. The third kappa shape index (κ3) is 17.0. The molecule has 0 amide bonds. The number of nitrogens with zero attached hydrogens (tertiary/aromatic N) is 12. The van der Waals surface area contributed by atoms with Crippen LogP contribution in [0.15, 0.2) is 229 Å². The van der Waals surface area contributed by atoms with Crippen LogP contribution in [0.3, 0.4) is 0 Å². The molecule has 18 aromatic rings. The minimum Gasteiger partial charge on any atom is -0.458 e. The second-order valence-corrected chi connectivity index (χ2v) is 35.6. The zero-order valence-electron chi connectivity index (χ0n) is 69.3. The van der Waals surface area contributed by atoms with Gasteiger partial charge in [-0.1, -0.05) is 91.0 Å². The Bertz CT molecular complexity index is 7500. The van der Waals surface area contributed by atoms with Crippen molar-refractivity contribution in [2.24, 2.45) is 0 Å². The number of anilines is 6. The number of fused-ring (bicyclic) bond motifs is 6. The number of nitrogen functional groups attached to an aromatic ring is 3. The molecule has 9 aromatic heterocycles. The summed E-state index contributed by atoms with van der Waals surface area (Å²) in [5.74, 6) is -3.47. The number of hydrogen-bond donors (Lipinski definition) is 6. The van der Waals surface area contributed by atoms with Gasteiger partial charge >= 0.3 is 0 Å². The van der Waals surface area contributed by atoms with Crippen LogP contribution in [-0.4, -0.2) is 103 Å². The molecule has 9 aromatic carbocycles. The second-order valence-electron chi connectivity index (χ2n) is 30.4. The standard InChI is InChI=1S/3C30H24F2N6O4S/c3*1-15-10-11-18(13-21(15)37-43(3,40)41)26-25-29(33)34-14-35-30(25)38(36-26)16(2)28-23(17-6-4-7-19(31)12-17)27(39)24-20(32)8-5-9-22(24)42-28/h3*4-14,16,37H,1-3H3,(H2,33,34,35)/t2*16-;/m10./s1. The molecule has 3 atom stereocenters. The van der Waals surface area contributed by atoms with Gasteiger partial charge in [0.15, 0.2) is 16.9 Å². The van der Waals surface area contributed by atoms with E-state index in [1.165, 1.54) is 142 Å². The second kappa shape index (κ2) is 33.8. The molecule has 0 saturated carbocycles. The molecule has 0 bridgehead atoms. The summed E-state index contributed by atoms with van der Waals surface area (Å²) in [5.41, 5.74) is 23.9. The summed E-state index contributed by atoms with van der Waals surface area (Å²) < 4.78 is 190. The third-order valence-electron chi connectivity index (χ3n) is 21.2. The Labute approximate surface area is 728 Å². The van der Waals surface area contributed by atoms with E-state index < -0.39 is 99.4 Å². The highest BCUT2D eigenvalue weighted by Gasteiger charge is 2.34. The minimum absolute atomic E-state index is 0.00727. The summed E-state index contributed by atoms with van der Waals surface area (Å²) in [6, 6.07) is 41.1. The van der Waals surface area contributed by atoms with Crippen LogP contribution >= 0.6 is 0 Å². The first-order valence-corrected chi connectivity index (χ1v) is 44.7. The van der Waals surface area contributed by atoms with Gasteiger partial charge in [-0.15, -0.1) is 0 Å². The minimum atomic E-state index is -3.57. The van der Waals surface area contributed by atoms with Crippen molar-refractivity contribution < 1.29 is 64.8 Å². The van der Waals surface area contributed by atoms with Crippen LogP contribution in [0, 0.1) is 55.7 Å². The van der Waals surface area contributed by atoms with E-state index in [2.05, 4.69) is 44.1 Å². The molecule has 654 valence electrons. The van der Waals surface area contributed by atoms with Crippen LogP contribution in [0.2, 0.25) is 0 Å². The van der Waals surface area contributed by atoms with Gasteiger partial charge < -0.3 is 30.5 Å². The van der Waals surface area contributed by atoms with Crippen molar-refractivity contribution >= 4 is 131 Å². The average molecular weight is 1810 g/mol. The lowest BCUT2D eigenvalue weighted by Crippen LogP contribution is -2.17. The molecule has 0 radical (unpaired) electrons. The van der Waals surface area contributed by atoms with Crippen molar-refractivity contribution in [3.63, 3.8) is 0 Å². The highest BCUT2D eigenvalue weighted by atomic mass is 32.2. The van der Waals surface area contributed by atoms with Crippen molar-refractivity contribution in [2.45, 2.75) is 59.7 Å². The van der Waals surface area contributed by atoms with Crippen LogP contribution in [0.25, 0.3) is 133 Å². The Kier molecular flexibility index (Phi) is 22.8. The maximum absolute atomic E-state index is 14.9. The summed E-state index contributed by atoms with van der Waals surface area (Å²) in [4.78, 5) is 67.0. The number of rotatable bonds is 18. The molecule has 0 aliphatic heterocycles. The number of aryl methyl sites for hydroxylation is 3. The summed E-state index contributed by atoms with van der Waals surface area (Å²) in [6.07, 6.45) is 6.94. The maximum Gasteiger partial charge on any atom is 0.229 e. The molecule has 0 saturated heterocycles. The number of nitrogens with two attached hydrogens (primary N) is 3. The first-order valence-electron chi connectivity index (χ1n) is 39.0. The fourth-order valence-corrected chi connectivity index (χ4v) is 17.1. The lowest BCUT2D eigenvalue weighted by Gasteiger charge is -2.17. The number of aromatic nitrogens is 12. The number of benzene rings is 9. The summed E-state index contributed by atoms with van der Waals surface area (Å²) in [5, 5.41) is 14.7. The lowest BCUT2D eigenvalue weighted by atomic mass is 9.99. The SMILES string of the molecule is Cc1ccc(-c2nn(C(C)c3oc4cccc(F)c4c(=O)c3-c3cccc(F)c3)c3ncnc(N)c23)cc1NS(C)(=O)=O.Cc1ccc(-c2nn([C@@H](C)c3oc4cccc(F)c4c(=O)c3-c3cccc(F)c3)c3ncnc(N)c23)cc1NS(C)(=O)=O.Cc1ccc(-c2nn([C@H](C)c3oc4cccc(F)c4c(=O)c3-c3cccc(F)c3)c3ncnc(N)c23)cc1NS(C)(=O)=O. The van der Waals surface area contributed by atoms with Gasteiger partial charge in [0.25, 0.3) is 0 Å². The van der Waals surface area contributed by atoms with Crippen molar-refractivity contribution in [3.05, 3.63) is 301 Å². The molecule has 9 heterocycles. The van der Waals surface area contributed by atoms with Gasteiger partial charge in [0.05, 0.1) is 68.7 Å². The molecule has 129 heavy (non-hydrogen) atoms. The molecule has 18 rings (SSSR count). The van der Waals surface area contributed by atoms with Crippen molar-refractivity contribution in [1.29, 1.82) is 0 Å². The fraction of sp³-hybridized carbons (Fsp3) is 0.133. The summed E-state index contributed by atoms with van der Waals surface area (Å²) in [6.45, 7) is 10.4. The Morgan fingerprint density at radius 3 is 0.837 bits per heavy atom. The van der Waals surface area contributed by atoms with E-state index in [9.17, 15) is 66.0 Å². The first-order chi connectivity index (χ1) is 61.3. The number of halogens is 6. The fourth-order valence-electron chi connectivity index (χ4n) is 15.3. The molecule has 0 fully saturated rings. The van der Waals surface area contributed by atoms with E-state index in [4.69, 9.17) is 45.7 Å². The van der Waals surface area contributed by atoms with Crippen LogP contribution < -0.4 is 47.7 Å². The molecular formula is C90H72F6N18O12S3. The Hall–Kier alpha value is -15.5. The van der Waals surface area contributed by atoms with E-state index in [0.717, 1.165) is 37.0 Å². The highest BCUT2D eigenvalue weighted by Crippen LogP contribution is 2.43. The van der Waals surface area contributed by atoms with Crippen LogP contribution in [0.1, 0.15) is 72.9 Å². The van der Waals surface area contributed by atoms with Gasteiger partial charge in [0.1, 0.15) is 157 Å². The number of sulfonamides is 3. The summed E-state index contributed by atoms with van der Waals surface area (Å²) in [7, 11) is -10.7. The normalized spacial score (nSPS) is 12.6. The Morgan fingerprint density at radius 1 is 0.333 bits per heavy atom. The van der Waals surface area contributed by atoms with Crippen LogP contribution in [-0.2, 0) is 30.1 Å². The zero-order valence-corrected chi connectivity index (χ0v) is 71.7. The molecule has 39 heteroatoms. The number of hydrogen-bond acceptors (Lipinski definition) is 24. The van der Waals surface area contributed by atoms with Gasteiger partial charge in [-0.05, 0) is 166 Å². The monoisotopic (exact) mass is 1810 g/mol. The maximum atomic E-state index is 14.9. The molecule has 0 aliphatic carbocycles. The zero-order chi connectivity index (χ0) is 91.9. The lowest BCUT2D eigenvalue weighted by molar-refractivity contribution is 0.444. The molecule has 9 N–H and O–H groups in total. The van der Waals surface area contributed by atoms with E-state index in [-0.39, 0.29) is 101 Å². The number of nitrogens with one attached hydrogen (secondary N) is 3. The van der Waals surface area contributed by atoms with Crippen LogP contribution in [0.4, 0.5) is 60.9 Å². The van der Waals surface area contributed by atoms with E-state index in [1.807, 2.05) is 0 Å². The van der Waals surface area contributed by atoms with Gasteiger partial charge in [-0.25, -0.2) is 95.5 Å². The Morgan fingerprint density at radius 2 is 0.589 bits per heavy atom. The van der Waals surface area contributed by atoms with Gasteiger partial charge in [-0.3, -0.25) is 28.5 Å². The van der Waals surface area contributed by atoms with Gasteiger partial charge in [-0.2, -0.15) is 15.3 Å². The summed E-state index contributed by atoms with van der Waals surface area (Å²) >= 11 is 0. The third-order valence-corrected chi connectivity index (χ3v) is 23.0.